The van der Waals surface area contributed by atoms with Crippen molar-refractivity contribution >= 4 is 0 Å². The topological polar surface area (TPSA) is 0 Å². The molecule has 0 aromatic heterocycles. The summed E-state index contributed by atoms with van der Waals surface area (Å²) in [6.45, 7) is 8.10. The highest BCUT2D eigenvalue weighted by atomic mass is 19.1. The van der Waals surface area contributed by atoms with Crippen LogP contribution in [0.15, 0.2) is 23.0 Å². The van der Waals surface area contributed by atoms with Gasteiger partial charge in [0.25, 0.3) is 0 Å². The Morgan fingerprint density at radius 2 is 2.08 bits per heavy atom. The van der Waals surface area contributed by atoms with Gasteiger partial charge in [-0.2, -0.15) is 0 Å². The summed E-state index contributed by atoms with van der Waals surface area (Å²) < 4.78 is 13.5. The van der Waals surface area contributed by atoms with Gasteiger partial charge >= 0.3 is 0 Å². The summed E-state index contributed by atoms with van der Waals surface area (Å²) in [5.41, 5.74) is 1.81. The van der Waals surface area contributed by atoms with E-state index in [9.17, 15) is 4.39 Å². The Labute approximate surface area is 74.2 Å². The second-order valence-electron chi connectivity index (χ2n) is 4.05. The van der Waals surface area contributed by atoms with E-state index in [1.165, 1.54) is 0 Å². The number of hydrogen-bond acceptors (Lipinski definition) is 0. The van der Waals surface area contributed by atoms with Crippen molar-refractivity contribution in [3.8, 4) is 0 Å². The molecule has 0 saturated carbocycles. The third-order valence-corrected chi connectivity index (χ3v) is 2.34. The van der Waals surface area contributed by atoms with Crippen molar-refractivity contribution in [2.75, 3.05) is 0 Å². The van der Waals surface area contributed by atoms with Gasteiger partial charge in [0, 0.05) is 0 Å². The number of hydrogen-bond donors (Lipinski definition) is 0. The normalized spacial score (nSPS) is 24.8. The van der Waals surface area contributed by atoms with Crippen molar-refractivity contribution < 1.29 is 4.39 Å². The molecule has 12 heavy (non-hydrogen) atoms. The van der Waals surface area contributed by atoms with Crippen LogP contribution in [-0.2, 0) is 0 Å². The quantitative estimate of drug-likeness (QED) is 0.558. The molecular weight excluding hydrogens is 151 g/mol. The van der Waals surface area contributed by atoms with Gasteiger partial charge in [0.15, 0.2) is 0 Å². The Balaban J connectivity index is 2.96. The molecular formula is C11H17F. The molecule has 1 aliphatic carbocycles. The van der Waals surface area contributed by atoms with Crippen molar-refractivity contribution in [1.82, 2.24) is 0 Å². The second kappa shape index (κ2) is 3.42. The van der Waals surface area contributed by atoms with E-state index in [1.54, 1.807) is 0 Å². The molecule has 0 spiro atoms. The van der Waals surface area contributed by atoms with Crippen molar-refractivity contribution in [1.29, 1.82) is 0 Å². The first-order valence-corrected chi connectivity index (χ1v) is 4.59. The summed E-state index contributed by atoms with van der Waals surface area (Å²) in [4.78, 5) is 0. The Hall–Kier alpha value is -0.590. The van der Waals surface area contributed by atoms with Crippen molar-refractivity contribution in [3.63, 3.8) is 0 Å². The van der Waals surface area contributed by atoms with Crippen LogP contribution in [0, 0.1) is 11.8 Å². The SMILES string of the molecule is CC1=C(F)C(C(C)C)=CC(C)C1. The molecule has 0 aromatic rings. The summed E-state index contributed by atoms with van der Waals surface area (Å²) in [5, 5.41) is 0. The summed E-state index contributed by atoms with van der Waals surface area (Å²) in [7, 11) is 0. The maximum absolute atomic E-state index is 13.5. The highest BCUT2D eigenvalue weighted by Crippen LogP contribution is 2.33. The Bertz CT molecular complexity index is 233. The monoisotopic (exact) mass is 168 g/mol. The Morgan fingerprint density at radius 1 is 1.50 bits per heavy atom. The second-order valence-corrected chi connectivity index (χ2v) is 4.05. The number of halogens is 1. The minimum atomic E-state index is 0.0306. The third kappa shape index (κ3) is 1.77. The van der Waals surface area contributed by atoms with Gasteiger partial charge in [0.2, 0.25) is 0 Å². The van der Waals surface area contributed by atoms with Crippen LogP contribution in [-0.4, -0.2) is 0 Å². The lowest BCUT2D eigenvalue weighted by Gasteiger charge is -2.20. The molecule has 0 nitrogen and oxygen atoms in total. The molecule has 0 amide bonds. The van der Waals surface area contributed by atoms with Crippen LogP contribution in [0.4, 0.5) is 4.39 Å². The first-order valence-electron chi connectivity index (χ1n) is 4.59. The predicted octanol–water partition coefficient (Wildman–Crippen LogP) is 3.85. The molecule has 68 valence electrons. The zero-order chi connectivity index (χ0) is 9.30. The molecule has 1 heteroatoms. The Kier molecular flexibility index (Phi) is 2.71. The molecule has 0 radical (unpaired) electrons. The molecule has 1 unspecified atom stereocenters. The lowest BCUT2D eigenvalue weighted by Crippen LogP contribution is -2.07. The molecule has 0 saturated heterocycles. The van der Waals surface area contributed by atoms with Gasteiger partial charge in [-0.05, 0) is 36.3 Å². The van der Waals surface area contributed by atoms with Crippen LogP contribution in [0.25, 0.3) is 0 Å². The van der Waals surface area contributed by atoms with Crippen molar-refractivity contribution in [3.05, 3.63) is 23.0 Å². The summed E-state index contributed by atoms with van der Waals surface area (Å²) in [6, 6.07) is 0. The zero-order valence-corrected chi connectivity index (χ0v) is 8.32. The average Bonchev–Trinajstić information content (AvgIpc) is 1.96. The largest absolute Gasteiger partial charge is 0.207 e. The number of rotatable bonds is 1. The van der Waals surface area contributed by atoms with Crippen molar-refractivity contribution in [2.45, 2.75) is 34.1 Å². The van der Waals surface area contributed by atoms with Gasteiger partial charge in [0.1, 0.15) is 5.83 Å². The van der Waals surface area contributed by atoms with Gasteiger partial charge in [-0.15, -0.1) is 0 Å². The summed E-state index contributed by atoms with van der Waals surface area (Å²) in [5.74, 6) is 0.840. The maximum Gasteiger partial charge on any atom is 0.125 e. The molecule has 0 heterocycles. The predicted molar refractivity (Wildman–Crippen MR) is 50.5 cm³/mol. The fourth-order valence-electron chi connectivity index (χ4n) is 1.70. The summed E-state index contributed by atoms with van der Waals surface area (Å²) in [6.07, 6.45) is 2.94. The first kappa shape index (κ1) is 9.50. The standard InChI is InChI=1S/C11H17F/c1-7(2)10-6-8(3)5-9(4)11(10)12/h6-8H,5H2,1-4H3. The maximum atomic E-state index is 13.5. The molecule has 0 bridgehead atoms. The lowest BCUT2D eigenvalue weighted by atomic mass is 9.87. The van der Waals surface area contributed by atoms with E-state index in [4.69, 9.17) is 0 Å². The van der Waals surface area contributed by atoms with Crippen molar-refractivity contribution in [2.24, 2.45) is 11.8 Å². The zero-order valence-electron chi connectivity index (χ0n) is 8.32. The van der Waals surface area contributed by atoms with Gasteiger partial charge in [-0.25, -0.2) is 4.39 Å². The Morgan fingerprint density at radius 3 is 2.58 bits per heavy atom. The highest BCUT2D eigenvalue weighted by molar-refractivity contribution is 5.34. The van der Waals surface area contributed by atoms with Crippen LogP contribution in [0.2, 0.25) is 0 Å². The molecule has 1 rings (SSSR count). The van der Waals surface area contributed by atoms with Crippen LogP contribution < -0.4 is 0 Å². The van der Waals surface area contributed by atoms with Crippen LogP contribution >= 0.6 is 0 Å². The van der Waals surface area contributed by atoms with Gasteiger partial charge < -0.3 is 0 Å². The smallest absolute Gasteiger partial charge is 0.125 e. The fourth-order valence-corrected chi connectivity index (χ4v) is 1.70. The van der Waals surface area contributed by atoms with E-state index in [0.29, 0.717) is 11.8 Å². The molecule has 0 N–H and O–H groups in total. The van der Waals surface area contributed by atoms with Gasteiger partial charge in [0.05, 0.1) is 0 Å². The minimum absolute atomic E-state index is 0.0306. The average molecular weight is 168 g/mol. The molecule has 0 fully saturated rings. The first-order chi connectivity index (χ1) is 5.52. The fraction of sp³-hybridized carbons (Fsp3) is 0.636. The van der Waals surface area contributed by atoms with E-state index in [2.05, 4.69) is 13.0 Å². The lowest BCUT2D eigenvalue weighted by molar-refractivity contribution is 0.549. The van der Waals surface area contributed by atoms with E-state index in [1.807, 2.05) is 20.8 Å². The van der Waals surface area contributed by atoms with E-state index < -0.39 is 0 Å². The molecule has 0 aromatic carbocycles. The van der Waals surface area contributed by atoms with Crippen LogP contribution in [0.3, 0.4) is 0 Å². The van der Waals surface area contributed by atoms with Gasteiger partial charge in [-0.3, -0.25) is 0 Å². The van der Waals surface area contributed by atoms with E-state index >= 15 is 0 Å². The highest BCUT2D eigenvalue weighted by Gasteiger charge is 2.18. The van der Waals surface area contributed by atoms with Crippen LogP contribution in [0.5, 0.6) is 0 Å². The van der Waals surface area contributed by atoms with Crippen LogP contribution in [0.1, 0.15) is 34.1 Å². The third-order valence-electron chi connectivity index (χ3n) is 2.34. The molecule has 0 aliphatic heterocycles. The van der Waals surface area contributed by atoms with Gasteiger partial charge in [-0.1, -0.05) is 26.8 Å². The summed E-state index contributed by atoms with van der Waals surface area (Å²) >= 11 is 0. The molecule has 1 atom stereocenters. The van der Waals surface area contributed by atoms with E-state index in [-0.39, 0.29) is 5.83 Å². The molecule has 1 aliphatic rings. The minimum Gasteiger partial charge on any atom is -0.207 e. The number of allylic oxidation sites excluding steroid dienone is 4. The van der Waals surface area contributed by atoms with E-state index in [0.717, 1.165) is 17.6 Å².